The predicted octanol–water partition coefficient (Wildman–Crippen LogP) is 2.72. The van der Waals surface area contributed by atoms with Gasteiger partial charge in [-0.2, -0.15) is 18.3 Å². The fourth-order valence-electron chi connectivity index (χ4n) is 1.96. The Morgan fingerprint density at radius 1 is 1.32 bits per heavy atom. The quantitative estimate of drug-likeness (QED) is 0.931. The molecular weight excluding hydrogens is 257 g/mol. The molecule has 0 spiro atoms. The van der Waals surface area contributed by atoms with Crippen LogP contribution < -0.4 is 0 Å². The molecule has 1 aromatic carbocycles. The first-order valence-corrected chi connectivity index (χ1v) is 5.69. The minimum atomic E-state index is -4.47. The molecule has 1 heterocycles. The third-order valence-corrected chi connectivity index (χ3v) is 2.81. The summed E-state index contributed by atoms with van der Waals surface area (Å²) >= 11 is 0. The first-order valence-electron chi connectivity index (χ1n) is 5.69. The van der Waals surface area contributed by atoms with Crippen LogP contribution in [-0.2, 0) is 19.6 Å². The highest BCUT2D eigenvalue weighted by atomic mass is 19.4. The van der Waals surface area contributed by atoms with Crippen molar-refractivity contribution in [2.75, 3.05) is 0 Å². The zero-order valence-corrected chi connectivity index (χ0v) is 10.2. The lowest BCUT2D eigenvalue weighted by Gasteiger charge is -2.16. The molecular formula is C13H13F3N2O. The van der Waals surface area contributed by atoms with E-state index < -0.39 is 17.8 Å². The number of alkyl halides is 3. The van der Waals surface area contributed by atoms with Gasteiger partial charge in [-0.05, 0) is 17.2 Å². The van der Waals surface area contributed by atoms with Gasteiger partial charge in [-0.1, -0.05) is 18.2 Å². The van der Waals surface area contributed by atoms with Crippen molar-refractivity contribution >= 4 is 0 Å². The lowest BCUT2D eigenvalue weighted by atomic mass is 9.98. The Balaban J connectivity index is 2.26. The van der Waals surface area contributed by atoms with Crippen molar-refractivity contribution in [3.8, 4) is 0 Å². The van der Waals surface area contributed by atoms with Crippen LogP contribution >= 0.6 is 0 Å². The average Bonchev–Trinajstić information content (AvgIpc) is 2.73. The van der Waals surface area contributed by atoms with Gasteiger partial charge in [-0.25, -0.2) is 0 Å². The van der Waals surface area contributed by atoms with Gasteiger partial charge >= 0.3 is 6.18 Å². The van der Waals surface area contributed by atoms with E-state index in [0.29, 0.717) is 5.56 Å². The first kappa shape index (κ1) is 13.6. The van der Waals surface area contributed by atoms with Gasteiger partial charge in [-0.15, -0.1) is 0 Å². The molecule has 2 aromatic rings. The highest BCUT2D eigenvalue weighted by Crippen LogP contribution is 2.35. The maximum atomic E-state index is 12.8. The fraction of sp³-hybridized carbons (Fsp3) is 0.308. The number of nitrogens with zero attached hydrogens (tertiary/aromatic N) is 2. The van der Waals surface area contributed by atoms with Crippen LogP contribution in [0.5, 0.6) is 0 Å². The molecule has 2 rings (SSSR count). The molecule has 6 heteroatoms. The first-order chi connectivity index (χ1) is 8.88. The van der Waals surface area contributed by atoms with Crippen molar-refractivity contribution in [3.63, 3.8) is 0 Å². The summed E-state index contributed by atoms with van der Waals surface area (Å²) in [7, 11) is 1.71. The van der Waals surface area contributed by atoms with Gasteiger partial charge in [0.25, 0.3) is 0 Å². The molecule has 102 valence electrons. The highest BCUT2D eigenvalue weighted by Gasteiger charge is 2.34. The minimum absolute atomic E-state index is 0.0981. The van der Waals surface area contributed by atoms with Crippen LogP contribution in [0, 0.1) is 0 Å². The van der Waals surface area contributed by atoms with Crippen molar-refractivity contribution in [3.05, 3.63) is 53.3 Å². The smallest absolute Gasteiger partial charge is 0.388 e. The summed E-state index contributed by atoms with van der Waals surface area (Å²) in [6.07, 6.45) is -2.38. The van der Waals surface area contributed by atoms with Gasteiger partial charge in [0, 0.05) is 19.7 Å². The number of rotatable bonds is 3. The van der Waals surface area contributed by atoms with Crippen molar-refractivity contribution in [1.29, 1.82) is 0 Å². The molecule has 0 aliphatic heterocycles. The van der Waals surface area contributed by atoms with E-state index in [0.717, 1.165) is 6.07 Å². The van der Waals surface area contributed by atoms with Crippen molar-refractivity contribution in [1.82, 2.24) is 9.78 Å². The molecule has 0 fully saturated rings. The zero-order chi connectivity index (χ0) is 14.0. The summed E-state index contributed by atoms with van der Waals surface area (Å²) in [5.74, 6) is 0. The van der Waals surface area contributed by atoms with Crippen LogP contribution in [0.25, 0.3) is 0 Å². The molecule has 0 aliphatic rings. The van der Waals surface area contributed by atoms with Gasteiger partial charge in [0.1, 0.15) is 0 Å². The van der Waals surface area contributed by atoms with Crippen LogP contribution in [-0.4, -0.2) is 14.9 Å². The summed E-state index contributed by atoms with van der Waals surface area (Å²) in [5, 5.41) is 13.9. The average molecular weight is 270 g/mol. The maximum absolute atomic E-state index is 12.8. The monoisotopic (exact) mass is 270 g/mol. The molecule has 1 atom stereocenters. The second-order valence-corrected chi connectivity index (χ2v) is 4.33. The largest absolute Gasteiger partial charge is 0.416 e. The Labute approximate surface area is 108 Å². The molecule has 19 heavy (non-hydrogen) atoms. The summed E-state index contributed by atoms with van der Waals surface area (Å²) in [6, 6.07) is 5.06. The second kappa shape index (κ2) is 5.05. The van der Waals surface area contributed by atoms with E-state index in [9.17, 15) is 18.3 Å². The molecule has 0 amide bonds. The normalized spacial score (nSPS) is 13.5. The number of aromatic nitrogens is 2. The van der Waals surface area contributed by atoms with Gasteiger partial charge < -0.3 is 5.11 Å². The van der Waals surface area contributed by atoms with Crippen molar-refractivity contribution in [2.24, 2.45) is 7.05 Å². The number of hydrogen-bond acceptors (Lipinski definition) is 2. The summed E-state index contributed by atoms with van der Waals surface area (Å²) in [4.78, 5) is 0. The maximum Gasteiger partial charge on any atom is 0.416 e. The number of benzene rings is 1. The Morgan fingerprint density at radius 2 is 2.00 bits per heavy atom. The van der Waals surface area contributed by atoms with E-state index in [1.54, 1.807) is 13.2 Å². The van der Waals surface area contributed by atoms with Gasteiger partial charge in [0.05, 0.1) is 17.9 Å². The van der Waals surface area contributed by atoms with Crippen LogP contribution in [0.4, 0.5) is 13.2 Å². The third kappa shape index (κ3) is 3.14. The lowest BCUT2D eigenvalue weighted by Crippen LogP contribution is -2.13. The van der Waals surface area contributed by atoms with Gasteiger partial charge in [0.2, 0.25) is 0 Å². The van der Waals surface area contributed by atoms with Gasteiger partial charge in [0.15, 0.2) is 0 Å². The van der Waals surface area contributed by atoms with Crippen LogP contribution in [0.1, 0.15) is 22.8 Å². The zero-order valence-electron chi connectivity index (χ0n) is 10.2. The summed E-state index contributed by atoms with van der Waals surface area (Å²) < 4.78 is 40.0. The summed E-state index contributed by atoms with van der Waals surface area (Å²) in [5.41, 5.74) is -0.225. The van der Waals surface area contributed by atoms with E-state index in [1.165, 1.54) is 29.1 Å². The molecule has 1 unspecified atom stereocenters. The predicted molar refractivity (Wildman–Crippen MR) is 63.3 cm³/mol. The molecule has 0 radical (unpaired) electrons. The van der Waals surface area contributed by atoms with Crippen LogP contribution in [0.2, 0.25) is 0 Å². The van der Waals surface area contributed by atoms with E-state index >= 15 is 0 Å². The third-order valence-electron chi connectivity index (χ3n) is 2.81. The van der Waals surface area contributed by atoms with Crippen molar-refractivity contribution in [2.45, 2.75) is 18.7 Å². The molecule has 0 bridgehead atoms. The van der Waals surface area contributed by atoms with E-state index in [1.807, 2.05) is 0 Å². The molecule has 3 nitrogen and oxygen atoms in total. The molecule has 1 N–H and O–H groups in total. The van der Waals surface area contributed by atoms with E-state index in [2.05, 4.69) is 5.10 Å². The SMILES string of the molecule is Cn1cc(CC(O)c2ccccc2C(F)(F)F)cn1. The summed E-state index contributed by atoms with van der Waals surface area (Å²) in [6.45, 7) is 0. The topological polar surface area (TPSA) is 38.0 Å². The minimum Gasteiger partial charge on any atom is -0.388 e. The standard InChI is InChI=1S/C13H13F3N2O/c1-18-8-9(7-17-18)6-12(19)10-4-2-3-5-11(10)13(14,15)16/h2-5,7-8,12,19H,6H2,1H3. The van der Waals surface area contributed by atoms with Crippen molar-refractivity contribution < 1.29 is 18.3 Å². The molecule has 0 saturated carbocycles. The van der Waals surface area contributed by atoms with Gasteiger partial charge in [-0.3, -0.25) is 4.68 Å². The number of aliphatic hydroxyl groups is 1. The van der Waals surface area contributed by atoms with E-state index in [-0.39, 0.29) is 12.0 Å². The molecule has 0 saturated heterocycles. The fourth-order valence-corrected chi connectivity index (χ4v) is 1.96. The van der Waals surface area contributed by atoms with Crippen LogP contribution in [0.3, 0.4) is 0 Å². The number of aliphatic hydroxyl groups excluding tert-OH is 1. The lowest BCUT2D eigenvalue weighted by molar-refractivity contribution is -0.139. The Hall–Kier alpha value is -1.82. The van der Waals surface area contributed by atoms with Crippen LogP contribution in [0.15, 0.2) is 36.7 Å². The Morgan fingerprint density at radius 3 is 2.58 bits per heavy atom. The number of halogens is 3. The Bertz CT molecular complexity index is 563. The molecule has 1 aromatic heterocycles. The molecule has 0 aliphatic carbocycles. The second-order valence-electron chi connectivity index (χ2n) is 4.33. The Kier molecular flexibility index (Phi) is 3.61. The highest BCUT2D eigenvalue weighted by molar-refractivity contribution is 5.32. The number of aryl methyl sites for hydroxylation is 1. The number of hydrogen-bond donors (Lipinski definition) is 1. The van der Waals surface area contributed by atoms with E-state index in [4.69, 9.17) is 0 Å².